The molecular formula is C12H12Cl2N4O. The van der Waals surface area contributed by atoms with Gasteiger partial charge in [0, 0.05) is 12.1 Å². The van der Waals surface area contributed by atoms with Crippen molar-refractivity contribution in [3.05, 3.63) is 39.6 Å². The van der Waals surface area contributed by atoms with Crippen molar-refractivity contribution in [3.63, 3.8) is 0 Å². The highest BCUT2D eigenvalue weighted by molar-refractivity contribution is 6.36. The third-order valence-electron chi connectivity index (χ3n) is 2.68. The molecule has 0 fully saturated rings. The molecule has 7 heteroatoms. The van der Waals surface area contributed by atoms with E-state index in [1.165, 1.54) is 10.9 Å². The molecule has 0 aliphatic carbocycles. The Morgan fingerprint density at radius 1 is 1.37 bits per heavy atom. The highest BCUT2D eigenvalue weighted by atomic mass is 35.5. The quantitative estimate of drug-likeness (QED) is 0.895. The second kappa shape index (κ2) is 5.11. The smallest absolute Gasteiger partial charge is 0.276 e. The fraction of sp³-hybridized carbons (Fsp3) is 0.167. The Hall–Kier alpha value is -1.72. The zero-order valence-electron chi connectivity index (χ0n) is 10.4. The lowest BCUT2D eigenvalue weighted by molar-refractivity contribution is 0.101. The predicted molar refractivity (Wildman–Crippen MR) is 76.8 cm³/mol. The van der Waals surface area contributed by atoms with Gasteiger partial charge in [0.25, 0.3) is 5.91 Å². The molecule has 1 amide bonds. The number of amides is 1. The van der Waals surface area contributed by atoms with Gasteiger partial charge in [-0.05, 0) is 24.6 Å². The molecule has 0 saturated carbocycles. The van der Waals surface area contributed by atoms with Crippen molar-refractivity contribution in [1.29, 1.82) is 0 Å². The Kier molecular flexibility index (Phi) is 3.68. The molecule has 100 valence electrons. The van der Waals surface area contributed by atoms with Gasteiger partial charge in [0.2, 0.25) is 0 Å². The number of aromatic nitrogens is 2. The first-order valence-corrected chi connectivity index (χ1v) is 6.20. The number of nitrogens with one attached hydrogen (secondary N) is 1. The van der Waals surface area contributed by atoms with Crippen LogP contribution in [0.4, 0.5) is 11.4 Å². The first kappa shape index (κ1) is 13.7. The van der Waals surface area contributed by atoms with Gasteiger partial charge in [-0.2, -0.15) is 5.10 Å². The minimum atomic E-state index is -0.390. The van der Waals surface area contributed by atoms with E-state index in [2.05, 4.69) is 10.4 Å². The number of hydrogen-bond donors (Lipinski definition) is 2. The maximum Gasteiger partial charge on any atom is 0.276 e. The summed E-state index contributed by atoms with van der Waals surface area (Å²) < 4.78 is 1.40. The number of aryl methyl sites for hydroxylation is 2. The molecular weight excluding hydrogens is 287 g/mol. The lowest BCUT2D eigenvalue weighted by atomic mass is 10.2. The van der Waals surface area contributed by atoms with Gasteiger partial charge in [0.1, 0.15) is 5.69 Å². The van der Waals surface area contributed by atoms with Crippen molar-refractivity contribution in [2.75, 3.05) is 11.1 Å². The maximum absolute atomic E-state index is 12.1. The topological polar surface area (TPSA) is 72.9 Å². The van der Waals surface area contributed by atoms with Crippen LogP contribution in [0.25, 0.3) is 0 Å². The molecule has 1 aromatic carbocycles. The van der Waals surface area contributed by atoms with Gasteiger partial charge in [-0.1, -0.05) is 23.2 Å². The van der Waals surface area contributed by atoms with Crippen LogP contribution in [-0.2, 0) is 7.05 Å². The standard InChI is InChI=1S/C12H12Cl2N4O/c1-6-3-8(14)10(4-7(6)13)17-12(19)11-9(15)5-16-18(11)2/h3-5H,15H2,1-2H3,(H,17,19). The monoisotopic (exact) mass is 298 g/mol. The van der Waals surface area contributed by atoms with Crippen molar-refractivity contribution in [2.24, 2.45) is 7.05 Å². The van der Waals surface area contributed by atoms with Crippen LogP contribution in [0.2, 0.25) is 10.0 Å². The number of carbonyl (C=O) groups excluding carboxylic acids is 1. The van der Waals surface area contributed by atoms with Crippen LogP contribution in [-0.4, -0.2) is 15.7 Å². The van der Waals surface area contributed by atoms with Crippen LogP contribution in [0.3, 0.4) is 0 Å². The third-order valence-corrected chi connectivity index (χ3v) is 3.40. The van der Waals surface area contributed by atoms with Crippen LogP contribution in [0.1, 0.15) is 16.1 Å². The second-order valence-electron chi connectivity index (χ2n) is 4.11. The normalized spacial score (nSPS) is 10.5. The number of hydrogen-bond acceptors (Lipinski definition) is 3. The van der Waals surface area contributed by atoms with Crippen LogP contribution < -0.4 is 11.1 Å². The number of nitrogen functional groups attached to an aromatic ring is 1. The molecule has 5 nitrogen and oxygen atoms in total. The SMILES string of the molecule is Cc1cc(Cl)c(NC(=O)c2c(N)cnn2C)cc1Cl. The summed E-state index contributed by atoms with van der Waals surface area (Å²) in [5, 5.41) is 7.51. The summed E-state index contributed by atoms with van der Waals surface area (Å²) in [6, 6.07) is 3.29. The number of rotatable bonds is 2. The summed E-state index contributed by atoms with van der Waals surface area (Å²) in [7, 11) is 1.63. The van der Waals surface area contributed by atoms with Crippen molar-refractivity contribution in [3.8, 4) is 0 Å². The molecule has 0 atom stereocenters. The fourth-order valence-corrected chi connectivity index (χ4v) is 2.09. The van der Waals surface area contributed by atoms with E-state index in [1.807, 2.05) is 6.92 Å². The lowest BCUT2D eigenvalue weighted by Crippen LogP contribution is -2.18. The molecule has 1 aromatic heterocycles. The lowest BCUT2D eigenvalue weighted by Gasteiger charge is -2.10. The molecule has 0 saturated heterocycles. The molecule has 0 radical (unpaired) electrons. The highest BCUT2D eigenvalue weighted by Gasteiger charge is 2.16. The van der Waals surface area contributed by atoms with E-state index in [4.69, 9.17) is 28.9 Å². The van der Waals surface area contributed by atoms with E-state index >= 15 is 0 Å². The third kappa shape index (κ3) is 2.67. The van der Waals surface area contributed by atoms with E-state index in [1.54, 1.807) is 19.2 Å². The minimum absolute atomic E-state index is 0.271. The average molecular weight is 299 g/mol. The Labute approximate surface area is 120 Å². The van der Waals surface area contributed by atoms with E-state index in [0.29, 0.717) is 21.4 Å². The van der Waals surface area contributed by atoms with Crippen LogP contribution in [0, 0.1) is 6.92 Å². The van der Waals surface area contributed by atoms with Crippen LogP contribution in [0.15, 0.2) is 18.3 Å². The summed E-state index contributed by atoms with van der Waals surface area (Å²) >= 11 is 12.1. The summed E-state index contributed by atoms with van der Waals surface area (Å²) in [6.45, 7) is 1.83. The zero-order chi connectivity index (χ0) is 14.2. The number of nitrogens with zero attached hydrogens (tertiary/aromatic N) is 2. The summed E-state index contributed by atoms with van der Waals surface area (Å²) in [4.78, 5) is 12.1. The molecule has 0 unspecified atom stereocenters. The van der Waals surface area contributed by atoms with Gasteiger partial charge in [-0.15, -0.1) is 0 Å². The van der Waals surface area contributed by atoms with Crippen molar-refractivity contribution in [2.45, 2.75) is 6.92 Å². The molecule has 2 rings (SSSR count). The van der Waals surface area contributed by atoms with Gasteiger partial charge in [-0.3, -0.25) is 9.48 Å². The first-order valence-electron chi connectivity index (χ1n) is 5.44. The molecule has 1 heterocycles. The Morgan fingerprint density at radius 2 is 2.05 bits per heavy atom. The van der Waals surface area contributed by atoms with Crippen molar-refractivity contribution in [1.82, 2.24) is 9.78 Å². The number of nitrogens with two attached hydrogens (primary N) is 1. The number of benzene rings is 1. The van der Waals surface area contributed by atoms with Gasteiger partial charge in [-0.25, -0.2) is 0 Å². The Balaban J connectivity index is 2.32. The van der Waals surface area contributed by atoms with Gasteiger partial charge in [0.05, 0.1) is 22.6 Å². The Bertz CT molecular complexity index is 632. The zero-order valence-corrected chi connectivity index (χ0v) is 11.9. The summed E-state index contributed by atoms with van der Waals surface area (Å²) in [6.07, 6.45) is 1.42. The Morgan fingerprint density at radius 3 is 2.63 bits per heavy atom. The molecule has 19 heavy (non-hydrogen) atoms. The molecule has 0 aliphatic heterocycles. The molecule has 0 spiro atoms. The van der Waals surface area contributed by atoms with E-state index < -0.39 is 0 Å². The van der Waals surface area contributed by atoms with Gasteiger partial charge < -0.3 is 11.1 Å². The fourth-order valence-electron chi connectivity index (χ4n) is 1.66. The second-order valence-corrected chi connectivity index (χ2v) is 4.92. The van der Waals surface area contributed by atoms with E-state index in [-0.39, 0.29) is 11.6 Å². The highest BCUT2D eigenvalue weighted by Crippen LogP contribution is 2.29. The molecule has 3 N–H and O–H groups in total. The van der Waals surface area contributed by atoms with Gasteiger partial charge in [0.15, 0.2) is 0 Å². The summed E-state index contributed by atoms with van der Waals surface area (Å²) in [5.74, 6) is -0.390. The van der Waals surface area contributed by atoms with Crippen LogP contribution in [0.5, 0.6) is 0 Å². The number of anilines is 2. The van der Waals surface area contributed by atoms with Crippen LogP contribution >= 0.6 is 23.2 Å². The maximum atomic E-state index is 12.1. The first-order chi connectivity index (χ1) is 8.90. The summed E-state index contributed by atoms with van der Waals surface area (Å²) in [5.41, 5.74) is 7.53. The van der Waals surface area contributed by atoms with E-state index in [9.17, 15) is 4.79 Å². The van der Waals surface area contributed by atoms with Crippen molar-refractivity contribution < 1.29 is 4.79 Å². The number of carbonyl (C=O) groups is 1. The largest absolute Gasteiger partial charge is 0.396 e. The van der Waals surface area contributed by atoms with E-state index in [0.717, 1.165) is 5.56 Å². The van der Waals surface area contributed by atoms with Gasteiger partial charge >= 0.3 is 0 Å². The van der Waals surface area contributed by atoms with Crippen molar-refractivity contribution >= 4 is 40.5 Å². The molecule has 0 bridgehead atoms. The number of halogens is 2. The molecule has 2 aromatic rings. The minimum Gasteiger partial charge on any atom is -0.396 e. The predicted octanol–water partition coefficient (Wildman–Crippen LogP) is 2.87. The average Bonchev–Trinajstić information content (AvgIpc) is 2.66. The molecule has 0 aliphatic rings.